The SMILES string of the molecule is CCNCCCS(=O)(=O)NCC(C)N1CCCCC1. The summed E-state index contributed by atoms with van der Waals surface area (Å²) in [4.78, 5) is 2.38. The van der Waals surface area contributed by atoms with Crippen molar-refractivity contribution in [1.29, 1.82) is 0 Å². The number of nitrogens with zero attached hydrogens (tertiary/aromatic N) is 1. The monoisotopic (exact) mass is 291 g/mol. The second-order valence-corrected chi connectivity index (χ2v) is 7.25. The molecule has 1 saturated heterocycles. The Bertz CT molecular complexity index is 327. The van der Waals surface area contributed by atoms with Crippen LogP contribution in [0.1, 0.15) is 39.5 Å². The highest BCUT2D eigenvalue weighted by atomic mass is 32.2. The summed E-state index contributed by atoms with van der Waals surface area (Å²) in [6.45, 7) is 8.51. The first kappa shape index (κ1) is 16.9. The molecular weight excluding hydrogens is 262 g/mol. The van der Waals surface area contributed by atoms with Gasteiger partial charge in [-0.15, -0.1) is 0 Å². The average molecular weight is 291 g/mol. The molecule has 0 radical (unpaired) electrons. The highest BCUT2D eigenvalue weighted by Gasteiger charge is 2.18. The molecule has 1 heterocycles. The van der Waals surface area contributed by atoms with Gasteiger partial charge in [0, 0.05) is 12.6 Å². The lowest BCUT2D eigenvalue weighted by molar-refractivity contribution is 0.175. The molecule has 1 aliphatic heterocycles. The van der Waals surface area contributed by atoms with Crippen LogP contribution >= 0.6 is 0 Å². The van der Waals surface area contributed by atoms with E-state index in [0.29, 0.717) is 19.0 Å². The summed E-state index contributed by atoms with van der Waals surface area (Å²) in [5.74, 6) is 0.215. The van der Waals surface area contributed by atoms with E-state index in [0.717, 1.165) is 26.2 Å². The number of hydrogen-bond acceptors (Lipinski definition) is 4. The summed E-state index contributed by atoms with van der Waals surface area (Å²) in [5, 5.41) is 3.14. The van der Waals surface area contributed by atoms with Crippen LogP contribution < -0.4 is 10.0 Å². The molecule has 0 spiro atoms. The maximum Gasteiger partial charge on any atom is 0.211 e. The van der Waals surface area contributed by atoms with Crippen LogP contribution in [-0.4, -0.2) is 57.8 Å². The number of piperidine rings is 1. The molecule has 2 N–H and O–H groups in total. The van der Waals surface area contributed by atoms with Gasteiger partial charge in [-0.05, 0) is 52.4 Å². The largest absolute Gasteiger partial charge is 0.317 e. The molecule has 114 valence electrons. The number of likely N-dealkylation sites (tertiary alicyclic amines) is 1. The Balaban J connectivity index is 2.21. The van der Waals surface area contributed by atoms with Crippen molar-refractivity contribution in [2.75, 3.05) is 38.5 Å². The van der Waals surface area contributed by atoms with E-state index in [9.17, 15) is 8.42 Å². The van der Waals surface area contributed by atoms with Gasteiger partial charge in [0.05, 0.1) is 5.75 Å². The topological polar surface area (TPSA) is 61.4 Å². The molecule has 0 aromatic rings. The molecule has 1 fully saturated rings. The van der Waals surface area contributed by atoms with Crippen molar-refractivity contribution in [2.45, 2.75) is 45.6 Å². The lowest BCUT2D eigenvalue weighted by Crippen LogP contribution is -2.44. The average Bonchev–Trinajstić information content (AvgIpc) is 2.42. The zero-order valence-electron chi connectivity index (χ0n) is 12.3. The summed E-state index contributed by atoms with van der Waals surface area (Å²) in [6, 6.07) is 0.295. The van der Waals surface area contributed by atoms with Gasteiger partial charge in [0.25, 0.3) is 0 Å². The van der Waals surface area contributed by atoms with Crippen molar-refractivity contribution in [3.8, 4) is 0 Å². The minimum absolute atomic E-state index is 0.215. The van der Waals surface area contributed by atoms with Gasteiger partial charge in [-0.2, -0.15) is 0 Å². The van der Waals surface area contributed by atoms with Crippen molar-refractivity contribution in [1.82, 2.24) is 14.9 Å². The molecule has 0 amide bonds. The first-order valence-electron chi connectivity index (χ1n) is 7.47. The summed E-state index contributed by atoms with van der Waals surface area (Å²) in [6.07, 6.45) is 4.44. The minimum atomic E-state index is -3.11. The maximum absolute atomic E-state index is 11.8. The van der Waals surface area contributed by atoms with Gasteiger partial charge >= 0.3 is 0 Å². The molecule has 1 aliphatic rings. The third-order valence-corrected chi connectivity index (χ3v) is 5.06. The van der Waals surface area contributed by atoms with E-state index in [4.69, 9.17) is 0 Å². The molecule has 0 aromatic heterocycles. The second kappa shape index (κ2) is 8.89. The smallest absolute Gasteiger partial charge is 0.211 e. The van der Waals surface area contributed by atoms with Crippen LogP contribution in [-0.2, 0) is 10.0 Å². The predicted octanol–water partition coefficient (Wildman–Crippen LogP) is 0.780. The molecule has 1 unspecified atom stereocenters. The number of hydrogen-bond donors (Lipinski definition) is 2. The van der Waals surface area contributed by atoms with Gasteiger partial charge in [-0.1, -0.05) is 13.3 Å². The van der Waals surface area contributed by atoms with Crippen LogP contribution in [0.25, 0.3) is 0 Å². The molecule has 0 bridgehead atoms. The quantitative estimate of drug-likeness (QED) is 0.616. The van der Waals surface area contributed by atoms with Gasteiger partial charge in [0.1, 0.15) is 0 Å². The molecule has 1 atom stereocenters. The lowest BCUT2D eigenvalue weighted by Gasteiger charge is -2.32. The molecule has 6 heteroatoms. The van der Waals surface area contributed by atoms with E-state index >= 15 is 0 Å². The van der Waals surface area contributed by atoms with Crippen molar-refractivity contribution < 1.29 is 8.42 Å². The molecule has 5 nitrogen and oxygen atoms in total. The van der Waals surface area contributed by atoms with Gasteiger partial charge in [-0.25, -0.2) is 13.1 Å². The molecule has 0 saturated carbocycles. The van der Waals surface area contributed by atoms with Crippen molar-refractivity contribution in [3.63, 3.8) is 0 Å². The molecule has 1 rings (SSSR count). The lowest BCUT2D eigenvalue weighted by atomic mass is 10.1. The first-order valence-corrected chi connectivity index (χ1v) is 9.12. The number of sulfonamides is 1. The van der Waals surface area contributed by atoms with E-state index in [1.54, 1.807) is 0 Å². The van der Waals surface area contributed by atoms with Crippen LogP contribution in [0, 0.1) is 0 Å². The Kier molecular flexibility index (Phi) is 7.90. The van der Waals surface area contributed by atoms with E-state index in [-0.39, 0.29) is 5.75 Å². The Morgan fingerprint density at radius 2 is 1.89 bits per heavy atom. The normalized spacial score (nSPS) is 19.5. The number of nitrogens with one attached hydrogen (secondary N) is 2. The van der Waals surface area contributed by atoms with Crippen LogP contribution in [0.5, 0.6) is 0 Å². The van der Waals surface area contributed by atoms with Crippen LogP contribution in [0.2, 0.25) is 0 Å². The Hall–Kier alpha value is -0.170. The standard InChI is InChI=1S/C13H29N3O2S/c1-3-14-8-7-11-19(17,18)15-12-13(2)16-9-5-4-6-10-16/h13-15H,3-12H2,1-2H3. The van der Waals surface area contributed by atoms with E-state index in [1.165, 1.54) is 19.3 Å². The van der Waals surface area contributed by atoms with Gasteiger partial charge < -0.3 is 5.32 Å². The third-order valence-electron chi connectivity index (χ3n) is 3.63. The van der Waals surface area contributed by atoms with Crippen molar-refractivity contribution >= 4 is 10.0 Å². The maximum atomic E-state index is 11.8. The zero-order valence-corrected chi connectivity index (χ0v) is 13.1. The zero-order chi connectivity index (χ0) is 14.1. The molecule has 19 heavy (non-hydrogen) atoms. The number of rotatable bonds is 9. The van der Waals surface area contributed by atoms with Crippen LogP contribution in [0.15, 0.2) is 0 Å². The summed E-state index contributed by atoms with van der Waals surface area (Å²) < 4.78 is 26.4. The van der Waals surface area contributed by atoms with Crippen LogP contribution in [0.3, 0.4) is 0 Å². The minimum Gasteiger partial charge on any atom is -0.317 e. The Morgan fingerprint density at radius 1 is 1.21 bits per heavy atom. The molecule has 0 aliphatic carbocycles. The van der Waals surface area contributed by atoms with Gasteiger partial charge in [0.2, 0.25) is 10.0 Å². The highest BCUT2D eigenvalue weighted by Crippen LogP contribution is 2.11. The highest BCUT2D eigenvalue weighted by molar-refractivity contribution is 7.89. The van der Waals surface area contributed by atoms with Gasteiger partial charge in [-0.3, -0.25) is 4.90 Å². The molecular formula is C13H29N3O2S. The van der Waals surface area contributed by atoms with Crippen LogP contribution in [0.4, 0.5) is 0 Å². The molecule has 0 aromatic carbocycles. The first-order chi connectivity index (χ1) is 9.05. The Labute approximate surface area is 118 Å². The summed E-state index contributed by atoms with van der Waals surface area (Å²) in [7, 11) is -3.11. The third kappa shape index (κ3) is 7.25. The fourth-order valence-corrected chi connectivity index (χ4v) is 3.54. The van der Waals surface area contributed by atoms with E-state index in [1.807, 2.05) is 6.92 Å². The van der Waals surface area contributed by atoms with Gasteiger partial charge in [0.15, 0.2) is 0 Å². The summed E-state index contributed by atoms with van der Waals surface area (Å²) >= 11 is 0. The van der Waals surface area contributed by atoms with Crippen molar-refractivity contribution in [2.24, 2.45) is 0 Å². The summed E-state index contributed by atoms with van der Waals surface area (Å²) in [5.41, 5.74) is 0. The predicted molar refractivity (Wildman–Crippen MR) is 79.8 cm³/mol. The Morgan fingerprint density at radius 3 is 2.53 bits per heavy atom. The second-order valence-electron chi connectivity index (χ2n) is 5.32. The van der Waals surface area contributed by atoms with E-state index in [2.05, 4.69) is 21.9 Å². The van der Waals surface area contributed by atoms with Crippen molar-refractivity contribution in [3.05, 3.63) is 0 Å². The van der Waals surface area contributed by atoms with E-state index < -0.39 is 10.0 Å². The fourth-order valence-electron chi connectivity index (χ4n) is 2.37. The fraction of sp³-hybridized carbons (Fsp3) is 1.00.